The topological polar surface area (TPSA) is 61.9 Å². The summed E-state index contributed by atoms with van der Waals surface area (Å²) in [5.74, 6) is -0.0448. The maximum atomic E-state index is 13.1. The van der Waals surface area contributed by atoms with Crippen LogP contribution in [0.2, 0.25) is 5.02 Å². The number of hydrogen-bond acceptors (Lipinski definition) is 4. The Morgan fingerprint density at radius 2 is 1.90 bits per heavy atom. The molecule has 29 heavy (non-hydrogen) atoms. The van der Waals surface area contributed by atoms with Gasteiger partial charge < -0.3 is 15.0 Å². The standard InChI is InChI=1S/C22H30ClN3O3/c1-16(22(8-2-3-9-22)25-11-13-29-14-12-25)24-21(28)17-6-7-18(23)19(15-17)26-10-4-5-20(26)27/h6-7,15-16H,2-5,8-14H2,1H3,(H,24,28). The summed E-state index contributed by atoms with van der Waals surface area (Å²) < 4.78 is 5.54. The van der Waals surface area contributed by atoms with Crippen molar-refractivity contribution in [1.29, 1.82) is 0 Å². The van der Waals surface area contributed by atoms with Crippen molar-refractivity contribution >= 4 is 29.1 Å². The lowest BCUT2D eigenvalue weighted by molar-refractivity contribution is -0.117. The Morgan fingerprint density at radius 3 is 2.55 bits per heavy atom. The molecule has 0 radical (unpaired) electrons. The van der Waals surface area contributed by atoms with E-state index in [1.165, 1.54) is 12.8 Å². The van der Waals surface area contributed by atoms with Crippen LogP contribution in [0.15, 0.2) is 18.2 Å². The predicted molar refractivity (Wildman–Crippen MR) is 114 cm³/mol. The van der Waals surface area contributed by atoms with Crippen LogP contribution in [0.4, 0.5) is 5.69 Å². The molecule has 1 unspecified atom stereocenters. The molecule has 2 amide bonds. The molecular formula is C22H30ClN3O3. The monoisotopic (exact) mass is 419 g/mol. The summed E-state index contributed by atoms with van der Waals surface area (Å²) in [6.45, 7) is 6.13. The van der Waals surface area contributed by atoms with Crippen LogP contribution in [0.5, 0.6) is 0 Å². The fourth-order valence-corrected chi connectivity index (χ4v) is 5.42. The molecule has 1 saturated carbocycles. The Labute approximate surface area is 177 Å². The Bertz CT molecular complexity index is 773. The highest BCUT2D eigenvalue weighted by atomic mass is 35.5. The first-order valence-electron chi connectivity index (χ1n) is 10.7. The van der Waals surface area contributed by atoms with Gasteiger partial charge in [-0.05, 0) is 44.4 Å². The van der Waals surface area contributed by atoms with Gasteiger partial charge in [-0.1, -0.05) is 24.4 Å². The fraction of sp³-hybridized carbons (Fsp3) is 0.636. The zero-order chi connectivity index (χ0) is 20.4. The highest BCUT2D eigenvalue weighted by molar-refractivity contribution is 6.34. The summed E-state index contributed by atoms with van der Waals surface area (Å²) in [6.07, 6.45) is 5.95. The molecule has 1 atom stereocenters. The third-order valence-corrected chi connectivity index (χ3v) is 7.16. The van der Waals surface area contributed by atoms with E-state index in [-0.39, 0.29) is 23.4 Å². The molecular weight excluding hydrogens is 390 g/mol. The van der Waals surface area contributed by atoms with Gasteiger partial charge in [-0.25, -0.2) is 0 Å². The second-order valence-electron chi connectivity index (χ2n) is 8.42. The predicted octanol–water partition coefficient (Wildman–Crippen LogP) is 3.23. The Kier molecular flexibility index (Phi) is 6.13. The van der Waals surface area contributed by atoms with Crippen LogP contribution in [-0.4, -0.2) is 61.1 Å². The molecule has 1 aromatic rings. The van der Waals surface area contributed by atoms with Crippen LogP contribution in [-0.2, 0) is 9.53 Å². The number of hydrogen-bond donors (Lipinski definition) is 1. The minimum absolute atomic E-state index is 0.000383. The number of benzene rings is 1. The van der Waals surface area contributed by atoms with Gasteiger partial charge in [0.05, 0.1) is 23.9 Å². The number of morpholine rings is 1. The molecule has 4 rings (SSSR count). The molecule has 3 aliphatic rings. The lowest BCUT2D eigenvalue weighted by atomic mass is 9.86. The molecule has 2 aliphatic heterocycles. The van der Waals surface area contributed by atoms with Crippen molar-refractivity contribution in [2.75, 3.05) is 37.7 Å². The highest BCUT2D eigenvalue weighted by Crippen LogP contribution is 2.39. The van der Waals surface area contributed by atoms with Gasteiger partial charge in [0.1, 0.15) is 0 Å². The summed E-state index contributed by atoms with van der Waals surface area (Å²) >= 11 is 6.34. The molecule has 3 fully saturated rings. The van der Waals surface area contributed by atoms with Gasteiger partial charge in [-0.15, -0.1) is 0 Å². The molecule has 6 nitrogen and oxygen atoms in total. The van der Waals surface area contributed by atoms with Crippen LogP contribution in [0.25, 0.3) is 0 Å². The third-order valence-electron chi connectivity index (χ3n) is 6.84. The lowest BCUT2D eigenvalue weighted by Gasteiger charge is -2.47. The van der Waals surface area contributed by atoms with Gasteiger partial charge in [0.2, 0.25) is 5.91 Å². The quantitative estimate of drug-likeness (QED) is 0.795. The first kappa shape index (κ1) is 20.6. The van der Waals surface area contributed by atoms with E-state index >= 15 is 0 Å². The molecule has 1 aromatic carbocycles. The first-order valence-corrected chi connectivity index (χ1v) is 11.1. The molecule has 158 valence electrons. The summed E-state index contributed by atoms with van der Waals surface area (Å²) in [5, 5.41) is 3.76. The molecule has 0 aromatic heterocycles. The van der Waals surface area contributed by atoms with E-state index in [9.17, 15) is 9.59 Å². The van der Waals surface area contributed by atoms with Crippen LogP contribution in [0.3, 0.4) is 0 Å². The van der Waals surface area contributed by atoms with Crippen molar-refractivity contribution in [2.45, 2.75) is 57.0 Å². The van der Waals surface area contributed by atoms with Crippen molar-refractivity contribution in [3.63, 3.8) is 0 Å². The van der Waals surface area contributed by atoms with Crippen LogP contribution in [0, 0.1) is 0 Å². The van der Waals surface area contributed by atoms with Crippen molar-refractivity contribution < 1.29 is 14.3 Å². The van der Waals surface area contributed by atoms with Crippen molar-refractivity contribution in [2.24, 2.45) is 0 Å². The number of ether oxygens (including phenoxy) is 1. The SMILES string of the molecule is CC(NC(=O)c1ccc(Cl)c(N2CCCC2=O)c1)C1(N2CCOCC2)CCCC1. The van der Waals surface area contributed by atoms with E-state index in [2.05, 4.69) is 17.1 Å². The lowest BCUT2D eigenvalue weighted by Crippen LogP contribution is -2.62. The van der Waals surface area contributed by atoms with Gasteiger partial charge in [-0.3, -0.25) is 14.5 Å². The second-order valence-corrected chi connectivity index (χ2v) is 8.83. The number of rotatable bonds is 5. The minimum Gasteiger partial charge on any atom is -0.379 e. The normalized spacial score (nSPS) is 23.4. The van der Waals surface area contributed by atoms with Gasteiger partial charge in [0.25, 0.3) is 5.91 Å². The summed E-state index contributed by atoms with van der Waals surface area (Å²) in [5.41, 5.74) is 1.18. The van der Waals surface area contributed by atoms with Gasteiger partial charge in [0.15, 0.2) is 0 Å². The molecule has 2 saturated heterocycles. The molecule has 0 bridgehead atoms. The van der Waals surface area contributed by atoms with E-state index in [0.717, 1.165) is 45.6 Å². The van der Waals surface area contributed by atoms with E-state index < -0.39 is 0 Å². The van der Waals surface area contributed by atoms with E-state index in [4.69, 9.17) is 16.3 Å². The number of nitrogens with zero attached hydrogens (tertiary/aromatic N) is 2. The number of carbonyl (C=O) groups excluding carboxylic acids is 2. The number of nitrogens with one attached hydrogen (secondary N) is 1. The average molecular weight is 420 g/mol. The zero-order valence-electron chi connectivity index (χ0n) is 17.1. The van der Waals surface area contributed by atoms with Crippen molar-refractivity contribution in [1.82, 2.24) is 10.2 Å². The molecule has 7 heteroatoms. The summed E-state index contributed by atoms with van der Waals surface area (Å²) in [7, 11) is 0. The number of carbonyl (C=O) groups is 2. The smallest absolute Gasteiger partial charge is 0.251 e. The maximum Gasteiger partial charge on any atom is 0.251 e. The summed E-state index contributed by atoms with van der Waals surface area (Å²) in [4.78, 5) is 29.4. The highest BCUT2D eigenvalue weighted by Gasteiger charge is 2.45. The molecule has 1 N–H and O–H groups in total. The van der Waals surface area contributed by atoms with Crippen LogP contribution in [0.1, 0.15) is 55.8 Å². The summed E-state index contributed by atoms with van der Waals surface area (Å²) in [6, 6.07) is 5.24. The van der Waals surface area contributed by atoms with E-state index in [0.29, 0.717) is 29.2 Å². The third kappa shape index (κ3) is 4.03. The minimum atomic E-state index is -0.110. The first-order chi connectivity index (χ1) is 14.0. The van der Waals surface area contributed by atoms with Gasteiger partial charge >= 0.3 is 0 Å². The Morgan fingerprint density at radius 1 is 1.17 bits per heavy atom. The Balaban J connectivity index is 1.51. The second kappa shape index (κ2) is 8.62. The maximum absolute atomic E-state index is 13.1. The van der Waals surface area contributed by atoms with Crippen molar-refractivity contribution in [3.05, 3.63) is 28.8 Å². The zero-order valence-corrected chi connectivity index (χ0v) is 17.8. The van der Waals surface area contributed by atoms with Gasteiger partial charge in [-0.2, -0.15) is 0 Å². The molecule has 0 spiro atoms. The largest absolute Gasteiger partial charge is 0.379 e. The van der Waals surface area contributed by atoms with Crippen molar-refractivity contribution in [3.8, 4) is 0 Å². The average Bonchev–Trinajstić information content (AvgIpc) is 3.39. The molecule has 1 aliphatic carbocycles. The Hall–Kier alpha value is -1.63. The molecule has 2 heterocycles. The van der Waals surface area contributed by atoms with Crippen LogP contribution < -0.4 is 10.2 Å². The fourth-order valence-electron chi connectivity index (χ4n) is 5.20. The van der Waals surface area contributed by atoms with E-state index in [1.807, 2.05) is 0 Å². The van der Waals surface area contributed by atoms with Crippen LogP contribution >= 0.6 is 11.6 Å². The number of anilines is 1. The van der Waals surface area contributed by atoms with E-state index in [1.54, 1.807) is 23.1 Å². The van der Waals surface area contributed by atoms with Gasteiger partial charge in [0, 0.05) is 43.2 Å². The number of amides is 2. The number of halogens is 1.